The molecule has 4 nitrogen and oxygen atoms in total. The third-order valence-electron chi connectivity index (χ3n) is 3.00. The number of carbonyl (C=O) groups excluding carboxylic acids is 2. The van der Waals surface area contributed by atoms with E-state index < -0.39 is 0 Å². The summed E-state index contributed by atoms with van der Waals surface area (Å²) in [5, 5.41) is 5.38. The Labute approximate surface area is 134 Å². The molecular formula is C17H18N2O2S. The van der Waals surface area contributed by atoms with E-state index in [4.69, 9.17) is 0 Å². The molecule has 2 rings (SSSR count). The van der Waals surface area contributed by atoms with Gasteiger partial charge in [0, 0.05) is 35.4 Å². The fraction of sp³-hybridized carbons (Fsp3) is 0.176. The van der Waals surface area contributed by atoms with Crippen LogP contribution in [0, 0.1) is 0 Å². The Bertz CT molecular complexity index is 627. The molecular weight excluding hydrogens is 296 g/mol. The molecule has 0 aromatic heterocycles. The van der Waals surface area contributed by atoms with Crippen LogP contribution in [0.3, 0.4) is 0 Å². The van der Waals surface area contributed by atoms with Crippen molar-refractivity contribution in [2.24, 2.45) is 0 Å². The average Bonchev–Trinajstić information content (AvgIpc) is 2.56. The summed E-state index contributed by atoms with van der Waals surface area (Å²) in [6, 6.07) is 16.8. The Hall–Kier alpha value is -2.27. The Morgan fingerprint density at radius 1 is 1.00 bits per heavy atom. The summed E-state index contributed by atoms with van der Waals surface area (Å²) < 4.78 is 0. The molecule has 0 atom stereocenters. The van der Waals surface area contributed by atoms with Gasteiger partial charge < -0.3 is 10.6 Å². The largest absolute Gasteiger partial charge is 0.355 e. The van der Waals surface area contributed by atoms with Crippen molar-refractivity contribution in [1.29, 1.82) is 0 Å². The molecule has 0 spiro atoms. The highest BCUT2D eigenvalue weighted by molar-refractivity contribution is 7.99. The van der Waals surface area contributed by atoms with Gasteiger partial charge in [-0.05, 0) is 36.4 Å². The van der Waals surface area contributed by atoms with E-state index in [9.17, 15) is 9.59 Å². The van der Waals surface area contributed by atoms with E-state index in [1.807, 2.05) is 30.3 Å². The molecule has 0 unspecified atom stereocenters. The van der Waals surface area contributed by atoms with E-state index in [0.29, 0.717) is 17.7 Å². The SMILES string of the molecule is CNC(=O)c1ccc(NC(=O)CCSc2ccccc2)cc1. The number of rotatable bonds is 6. The standard InChI is InChI=1S/C17H18N2O2S/c1-18-17(21)13-7-9-14(10-8-13)19-16(20)11-12-22-15-5-3-2-4-6-15/h2-10H,11-12H2,1H3,(H,18,21)(H,19,20). The zero-order valence-corrected chi connectivity index (χ0v) is 13.2. The van der Waals surface area contributed by atoms with Crippen LogP contribution in [0.4, 0.5) is 5.69 Å². The van der Waals surface area contributed by atoms with Crippen molar-refractivity contribution in [3.05, 3.63) is 60.2 Å². The average molecular weight is 314 g/mol. The van der Waals surface area contributed by atoms with Crippen molar-refractivity contribution in [2.45, 2.75) is 11.3 Å². The fourth-order valence-electron chi connectivity index (χ4n) is 1.85. The lowest BCUT2D eigenvalue weighted by molar-refractivity contribution is -0.115. The first-order valence-corrected chi connectivity index (χ1v) is 7.97. The molecule has 0 fully saturated rings. The highest BCUT2D eigenvalue weighted by Gasteiger charge is 2.05. The molecule has 0 aliphatic heterocycles. The molecule has 0 saturated heterocycles. The lowest BCUT2D eigenvalue weighted by Gasteiger charge is -2.06. The number of thioether (sulfide) groups is 1. The van der Waals surface area contributed by atoms with Crippen LogP contribution in [-0.2, 0) is 4.79 Å². The number of hydrogen-bond donors (Lipinski definition) is 2. The Balaban J connectivity index is 1.78. The second-order valence-electron chi connectivity index (χ2n) is 4.62. The highest BCUT2D eigenvalue weighted by atomic mass is 32.2. The second kappa shape index (κ2) is 8.24. The number of anilines is 1. The van der Waals surface area contributed by atoms with Crippen molar-refractivity contribution in [2.75, 3.05) is 18.1 Å². The highest BCUT2D eigenvalue weighted by Crippen LogP contribution is 2.18. The lowest BCUT2D eigenvalue weighted by atomic mass is 10.2. The molecule has 0 aliphatic carbocycles. The van der Waals surface area contributed by atoms with Gasteiger partial charge in [0.1, 0.15) is 0 Å². The number of benzene rings is 2. The molecule has 0 radical (unpaired) electrons. The maximum absolute atomic E-state index is 11.9. The summed E-state index contributed by atoms with van der Waals surface area (Å²) >= 11 is 1.65. The Morgan fingerprint density at radius 3 is 2.32 bits per heavy atom. The molecule has 2 N–H and O–H groups in total. The van der Waals surface area contributed by atoms with Gasteiger partial charge in [0.2, 0.25) is 5.91 Å². The number of nitrogens with one attached hydrogen (secondary N) is 2. The number of amides is 2. The van der Waals surface area contributed by atoms with Gasteiger partial charge in [-0.25, -0.2) is 0 Å². The van der Waals surface area contributed by atoms with E-state index in [2.05, 4.69) is 10.6 Å². The predicted octanol–water partition coefficient (Wildman–Crippen LogP) is 3.17. The van der Waals surface area contributed by atoms with Gasteiger partial charge in [-0.15, -0.1) is 11.8 Å². The van der Waals surface area contributed by atoms with E-state index >= 15 is 0 Å². The zero-order valence-electron chi connectivity index (χ0n) is 12.3. The minimum Gasteiger partial charge on any atom is -0.355 e. The minimum absolute atomic E-state index is 0.0314. The molecule has 114 valence electrons. The molecule has 5 heteroatoms. The van der Waals surface area contributed by atoms with E-state index in [1.54, 1.807) is 43.1 Å². The minimum atomic E-state index is -0.142. The van der Waals surface area contributed by atoms with Gasteiger partial charge in [-0.1, -0.05) is 18.2 Å². The second-order valence-corrected chi connectivity index (χ2v) is 5.78. The smallest absolute Gasteiger partial charge is 0.251 e. The lowest BCUT2D eigenvalue weighted by Crippen LogP contribution is -2.18. The van der Waals surface area contributed by atoms with Crippen LogP contribution in [0.1, 0.15) is 16.8 Å². The van der Waals surface area contributed by atoms with Gasteiger partial charge in [0.25, 0.3) is 5.91 Å². The van der Waals surface area contributed by atoms with Crippen LogP contribution < -0.4 is 10.6 Å². The molecule has 0 saturated carbocycles. The number of hydrogen-bond acceptors (Lipinski definition) is 3. The molecule has 2 aromatic rings. The van der Waals surface area contributed by atoms with Gasteiger partial charge in [-0.3, -0.25) is 9.59 Å². The van der Waals surface area contributed by atoms with Gasteiger partial charge >= 0.3 is 0 Å². The van der Waals surface area contributed by atoms with Crippen LogP contribution >= 0.6 is 11.8 Å². The number of carbonyl (C=O) groups is 2. The first kappa shape index (κ1) is 16.1. The molecule has 2 aromatic carbocycles. The topological polar surface area (TPSA) is 58.2 Å². The zero-order chi connectivity index (χ0) is 15.8. The van der Waals surface area contributed by atoms with E-state index in [1.165, 1.54) is 0 Å². The Kier molecular flexibility index (Phi) is 6.03. The van der Waals surface area contributed by atoms with Crippen LogP contribution in [0.15, 0.2) is 59.5 Å². The van der Waals surface area contributed by atoms with Crippen molar-refractivity contribution < 1.29 is 9.59 Å². The maximum Gasteiger partial charge on any atom is 0.251 e. The van der Waals surface area contributed by atoms with E-state index in [0.717, 1.165) is 10.6 Å². The monoisotopic (exact) mass is 314 g/mol. The summed E-state index contributed by atoms with van der Waals surface area (Å²) in [5.74, 6) is 0.555. The van der Waals surface area contributed by atoms with Crippen LogP contribution in [0.2, 0.25) is 0 Å². The third kappa shape index (κ3) is 4.93. The molecule has 0 bridgehead atoms. The van der Waals surface area contributed by atoms with Crippen molar-refractivity contribution in [1.82, 2.24) is 5.32 Å². The Morgan fingerprint density at radius 2 is 1.68 bits per heavy atom. The van der Waals surface area contributed by atoms with Crippen LogP contribution in [-0.4, -0.2) is 24.6 Å². The summed E-state index contributed by atoms with van der Waals surface area (Å²) in [7, 11) is 1.59. The quantitative estimate of drug-likeness (QED) is 0.805. The summed E-state index contributed by atoms with van der Waals surface area (Å²) in [4.78, 5) is 24.5. The van der Waals surface area contributed by atoms with E-state index in [-0.39, 0.29) is 11.8 Å². The van der Waals surface area contributed by atoms with Gasteiger partial charge in [-0.2, -0.15) is 0 Å². The first-order valence-electron chi connectivity index (χ1n) is 6.99. The molecule has 0 heterocycles. The van der Waals surface area contributed by atoms with Crippen LogP contribution in [0.5, 0.6) is 0 Å². The summed E-state index contributed by atoms with van der Waals surface area (Å²) in [6.07, 6.45) is 0.441. The maximum atomic E-state index is 11.9. The molecule has 22 heavy (non-hydrogen) atoms. The molecule has 2 amide bonds. The summed E-state index contributed by atoms with van der Waals surface area (Å²) in [5.41, 5.74) is 1.27. The van der Waals surface area contributed by atoms with Crippen molar-refractivity contribution in [3.8, 4) is 0 Å². The van der Waals surface area contributed by atoms with Crippen molar-refractivity contribution in [3.63, 3.8) is 0 Å². The third-order valence-corrected chi connectivity index (χ3v) is 4.01. The first-order chi connectivity index (χ1) is 10.7. The van der Waals surface area contributed by atoms with Crippen molar-refractivity contribution >= 4 is 29.3 Å². The summed E-state index contributed by atoms with van der Waals surface area (Å²) in [6.45, 7) is 0. The van der Waals surface area contributed by atoms with Gasteiger partial charge in [0.15, 0.2) is 0 Å². The molecule has 0 aliphatic rings. The van der Waals surface area contributed by atoms with Gasteiger partial charge in [0.05, 0.1) is 0 Å². The normalized spacial score (nSPS) is 10.0. The fourth-order valence-corrected chi connectivity index (χ4v) is 2.72. The predicted molar refractivity (Wildman–Crippen MR) is 90.2 cm³/mol. The van der Waals surface area contributed by atoms with Crippen LogP contribution in [0.25, 0.3) is 0 Å².